The molecule has 0 unspecified atom stereocenters. The summed E-state index contributed by atoms with van der Waals surface area (Å²) in [5, 5.41) is 0.810. The van der Waals surface area contributed by atoms with E-state index in [0.717, 1.165) is 10.7 Å². The first-order valence-electron chi connectivity index (χ1n) is 4.89. The number of halogens is 1. The molecule has 1 nitrogen and oxygen atoms in total. The zero-order valence-electron chi connectivity index (χ0n) is 7.89. The van der Waals surface area contributed by atoms with Crippen LogP contribution in [-0.4, -0.2) is 4.98 Å². The molecule has 0 radical (unpaired) electrons. The van der Waals surface area contributed by atoms with E-state index in [2.05, 4.69) is 11.1 Å². The number of hydrogen-bond acceptors (Lipinski definition) is 1. The maximum absolute atomic E-state index is 6.03. The highest BCUT2D eigenvalue weighted by atomic mass is 35.5. The second-order valence-electron chi connectivity index (χ2n) is 3.82. The van der Waals surface area contributed by atoms with Crippen LogP contribution in [0.1, 0.15) is 42.9 Å². The van der Waals surface area contributed by atoms with Crippen LogP contribution >= 0.6 is 11.6 Å². The van der Waals surface area contributed by atoms with E-state index in [1.807, 2.05) is 13.1 Å². The van der Waals surface area contributed by atoms with Crippen molar-refractivity contribution in [3.05, 3.63) is 28.5 Å². The lowest BCUT2D eigenvalue weighted by atomic mass is 9.99. The molecule has 1 fully saturated rings. The number of aromatic nitrogens is 1. The van der Waals surface area contributed by atoms with Crippen LogP contribution in [0, 0.1) is 6.92 Å². The van der Waals surface area contributed by atoms with Crippen molar-refractivity contribution in [2.24, 2.45) is 0 Å². The van der Waals surface area contributed by atoms with Gasteiger partial charge in [0.05, 0.1) is 10.7 Å². The van der Waals surface area contributed by atoms with Crippen molar-refractivity contribution in [3.8, 4) is 0 Å². The number of nitrogens with zero attached hydrogens (tertiary/aromatic N) is 1. The van der Waals surface area contributed by atoms with Gasteiger partial charge in [0, 0.05) is 6.20 Å². The lowest BCUT2D eigenvalue weighted by Crippen LogP contribution is -1.94. The molecule has 1 aliphatic carbocycles. The van der Waals surface area contributed by atoms with Crippen LogP contribution in [0.2, 0.25) is 5.02 Å². The second-order valence-corrected chi connectivity index (χ2v) is 4.22. The predicted molar refractivity (Wildman–Crippen MR) is 55.2 cm³/mol. The summed E-state index contributed by atoms with van der Waals surface area (Å²) in [7, 11) is 0. The lowest BCUT2D eigenvalue weighted by molar-refractivity contribution is 0.718. The summed E-state index contributed by atoms with van der Waals surface area (Å²) in [6.45, 7) is 1.95. The first-order valence-corrected chi connectivity index (χ1v) is 5.27. The number of aryl methyl sites for hydroxylation is 1. The molecule has 2 rings (SSSR count). The van der Waals surface area contributed by atoms with E-state index >= 15 is 0 Å². The number of hydrogen-bond donors (Lipinski definition) is 0. The monoisotopic (exact) mass is 195 g/mol. The molecule has 0 amide bonds. The van der Waals surface area contributed by atoms with Crippen LogP contribution < -0.4 is 0 Å². The summed E-state index contributed by atoms with van der Waals surface area (Å²) in [6, 6.07) is 2.08. The second kappa shape index (κ2) is 3.67. The van der Waals surface area contributed by atoms with E-state index in [1.54, 1.807) is 0 Å². The Bertz CT molecular complexity index is 303. The Morgan fingerprint density at radius 2 is 2.08 bits per heavy atom. The molecule has 0 aliphatic heterocycles. The fourth-order valence-corrected chi connectivity index (χ4v) is 2.18. The molecule has 0 aromatic carbocycles. The largest absolute Gasteiger partial charge is 0.260 e. The third-order valence-electron chi connectivity index (χ3n) is 2.87. The van der Waals surface area contributed by atoms with Gasteiger partial charge in [0.2, 0.25) is 0 Å². The van der Waals surface area contributed by atoms with Crippen molar-refractivity contribution in [2.45, 2.75) is 38.5 Å². The summed E-state index contributed by atoms with van der Waals surface area (Å²) in [5.41, 5.74) is 2.26. The van der Waals surface area contributed by atoms with E-state index in [9.17, 15) is 0 Å². The van der Waals surface area contributed by atoms with Crippen molar-refractivity contribution in [1.82, 2.24) is 4.98 Å². The van der Waals surface area contributed by atoms with Gasteiger partial charge in [-0.2, -0.15) is 0 Å². The molecular weight excluding hydrogens is 182 g/mol. The molecule has 0 spiro atoms. The molecule has 13 heavy (non-hydrogen) atoms. The Morgan fingerprint density at radius 3 is 2.69 bits per heavy atom. The van der Waals surface area contributed by atoms with Gasteiger partial charge in [-0.3, -0.25) is 4.98 Å². The smallest absolute Gasteiger partial charge is 0.0621 e. The van der Waals surface area contributed by atoms with Gasteiger partial charge in [-0.15, -0.1) is 0 Å². The number of rotatable bonds is 1. The van der Waals surface area contributed by atoms with Crippen molar-refractivity contribution >= 4 is 11.6 Å². The minimum atomic E-state index is 0.714. The Labute approximate surface area is 84.1 Å². The molecule has 0 bridgehead atoms. The van der Waals surface area contributed by atoms with Crippen LogP contribution in [0.5, 0.6) is 0 Å². The Hall–Kier alpha value is -0.560. The van der Waals surface area contributed by atoms with Crippen LogP contribution in [-0.2, 0) is 0 Å². The van der Waals surface area contributed by atoms with Crippen molar-refractivity contribution in [2.75, 3.05) is 0 Å². The zero-order valence-corrected chi connectivity index (χ0v) is 8.64. The average Bonchev–Trinajstić information content (AvgIpc) is 2.62. The third-order valence-corrected chi connectivity index (χ3v) is 3.26. The van der Waals surface area contributed by atoms with E-state index in [-0.39, 0.29) is 0 Å². The molecule has 70 valence electrons. The first kappa shape index (κ1) is 9.01. The molecule has 0 N–H and O–H groups in total. The molecule has 1 aromatic rings. The van der Waals surface area contributed by atoms with Crippen LogP contribution in [0.3, 0.4) is 0 Å². The SMILES string of the molecule is Cc1ncc(C2CCCC2)cc1Cl. The highest BCUT2D eigenvalue weighted by molar-refractivity contribution is 6.31. The molecule has 0 atom stereocenters. The van der Waals surface area contributed by atoms with Gasteiger partial charge in [0.1, 0.15) is 0 Å². The van der Waals surface area contributed by atoms with Gasteiger partial charge in [-0.1, -0.05) is 24.4 Å². The predicted octanol–water partition coefficient (Wildman–Crippen LogP) is 3.70. The fourth-order valence-electron chi connectivity index (χ4n) is 2.00. The molecule has 1 saturated carbocycles. The summed E-state index contributed by atoms with van der Waals surface area (Å²) >= 11 is 6.03. The highest BCUT2D eigenvalue weighted by Crippen LogP contribution is 2.34. The first-order chi connectivity index (χ1) is 6.27. The van der Waals surface area contributed by atoms with Gasteiger partial charge in [-0.25, -0.2) is 0 Å². The van der Waals surface area contributed by atoms with Gasteiger partial charge in [0.15, 0.2) is 0 Å². The molecule has 1 aromatic heterocycles. The average molecular weight is 196 g/mol. The van der Waals surface area contributed by atoms with Gasteiger partial charge < -0.3 is 0 Å². The van der Waals surface area contributed by atoms with E-state index in [4.69, 9.17) is 11.6 Å². The summed E-state index contributed by atoms with van der Waals surface area (Å²) in [4.78, 5) is 4.29. The molecule has 2 heteroatoms. The van der Waals surface area contributed by atoms with Gasteiger partial charge in [-0.05, 0) is 37.3 Å². The third kappa shape index (κ3) is 1.86. The van der Waals surface area contributed by atoms with E-state index in [1.165, 1.54) is 31.2 Å². The summed E-state index contributed by atoms with van der Waals surface area (Å²) < 4.78 is 0. The highest BCUT2D eigenvalue weighted by Gasteiger charge is 2.17. The van der Waals surface area contributed by atoms with Crippen molar-refractivity contribution in [3.63, 3.8) is 0 Å². The van der Waals surface area contributed by atoms with Crippen LogP contribution in [0.25, 0.3) is 0 Å². The van der Waals surface area contributed by atoms with Crippen molar-refractivity contribution < 1.29 is 0 Å². The number of pyridine rings is 1. The van der Waals surface area contributed by atoms with E-state index < -0.39 is 0 Å². The maximum Gasteiger partial charge on any atom is 0.0621 e. The standard InChI is InChI=1S/C11H14ClN/c1-8-11(12)6-10(7-13-8)9-4-2-3-5-9/h6-7,9H,2-5H2,1H3. The Balaban J connectivity index is 2.25. The minimum Gasteiger partial charge on any atom is -0.260 e. The van der Waals surface area contributed by atoms with Crippen LogP contribution in [0.15, 0.2) is 12.3 Å². The zero-order chi connectivity index (χ0) is 9.26. The minimum absolute atomic E-state index is 0.714. The molecule has 0 saturated heterocycles. The normalized spacial score (nSPS) is 18.0. The Morgan fingerprint density at radius 1 is 1.38 bits per heavy atom. The van der Waals surface area contributed by atoms with E-state index in [0.29, 0.717) is 5.92 Å². The van der Waals surface area contributed by atoms with Crippen LogP contribution in [0.4, 0.5) is 0 Å². The Kier molecular flexibility index (Phi) is 2.54. The summed E-state index contributed by atoms with van der Waals surface area (Å²) in [6.07, 6.45) is 7.31. The van der Waals surface area contributed by atoms with Gasteiger partial charge in [0.25, 0.3) is 0 Å². The van der Waals surface area contributed by atoms with Gasteiger partial charge >= 0.3 is 0 Å². The quantitative estimate of drug-likeness (QED) is 0.666. The topological polar surface area (TPSA) is 12.9 Å². The summed E-state index contributed by atoms with van der Waals surface area (Å²) in [5.74, 6) is 0.714. The fraction of sp³-hybridized carbons (Fsp3) is 0.545. The maximum atomic E-state index is 6.03. The molecule has 1 aliphatic rings. The molecule has 1 heterocycles. The molecular formula is C11H14ClN. The van der Waals surface area contributed by atoms with Crippen molar-refractivity contribution in [1.29, 1.82) is 0 Å². The lowest BCUT2D eigenvalue weighted by Gasteiger charge is -2.09.